The molecule has 0 aromatic carbocycles. The molecular formula is C13H20N2O5S. The van der Waals surface area contributed by atoms with Crippen LogP contribution in [0.5, 0.6) is 0 Å². The van der Waals surface area contributed by atoms with Crippen LogP contribution in [0, 0.1) is 6.92 Å². The number of carboxylic acid groups (broad SMARTS) is 1. The molecule has 8 heteroatoms. The average molecular weight is 316 g/mol. The maximum Gasteiger partial charge on any atom is 0.339 e. The van der Waals surface area contributed by atoms with Crippen LogP contribution in [-0.2, 0) is 16.6 Å². The maximum absolute atomic E-state index is 11.4. The summed E-state index contributed by atoms with van der Waals surface area (Å²) in [6.45, 7) is 3.08. The highest BCUT2D eigenvalue weighted by atomic mass is 32.2. The number of carbonyl (C=O) groups is 1. The molecule has 0 spiro atoms. The zero-order valence-electron chi connectivity index (χ0n) is 12.1. The first-order valence-corrected chi connectivity index (χ1v) is 8.63. The lowest BCUT2D eigenvalue weighted by molar-refractivity contribution is 0.0695. The number of furan rings is 1. The van der Waals surface area contributed by atoms with Gasteiger partial charge in [0.1, 0.15) is 17.1 Å². The summed E-state index contributed by atoms with van der Waals surface area (Å²) >= 11 is 0. The van der Waals surface area contributed by atoms with Crippen molar-refractivity contribution in [3.8, 4) is 0 Å². The van der Waals surface area contributed by atoms with Gasteiger partial charge in [0.05, 0.1) is 12.8 Å². The molecule has 0 aliphatic carbocycles. The smallest absolute Gasteiger partial charge is 0.339 e. The molecule has 0 unspecified atom stereocenters. The minimum atomic E-state index is -3.11. The van der Waals surface area contributed by atoms with E-state index in [0.717, 1.165) is 12.8 Å². The van der Waals surface area contributed by atoms with Crippen LogP contribution in [0.15, 0.2) is 10.5 Å². The van der Waals surface area contributed by atoms with E-state index >= 15 is 0 Å². The molecule has 0 atom stereocenters. The van der Waals surface area contributed by atoms with Crippen molar-refractivity contribution in [3.63, 3.8) is 0 Å². The molecule has 1 saturated heterocycles. The molecule has 2 rings (SSSR count). The van der Waals surface area contributed by atoms with Gasteiger partial charge in [0.2, 0.25) is 10.0 Å². The number of rotatable bonds is 5. The summed E-state index contributed by atoms with van der Waals surface area (Å²) in [6, 6.07) is 1.73. The molecule has 21 heavy (non-hydrogen) atoms. The Bertz CT molecular complexity index is 615. The Morgan fingerprint density at radius 1 is 1.48 bits per heavy atom. The number of nitrogens with zero attached hydrogens (tertiary/aromatic N) is 1. The molecule has 1 fully saturated rings. The molecule has 2 N–H and O–H groups in total. The normalized spacial score (nSPS) is 18.0. The van der Waals surface area contributed by atoms with Crippen LogP contribution in [0.4, 0.5) is 0 Å². The van der Waals surface area contributed by atoms with Crippen molar-refractivity contribution in [2.24, 2.45) is 0 Å². The third-order valence-corrected chi connectivity index (χ3v) is 4.99. The number of hydrogen-bond acceptors (Lipinski definition) is 5. The lowest BCUT2D eigenvalue weighted by atomic mass is 10.1. The molecule has 0 saturated carbocycles. The van der Waals surface area contributed by atoms with Gasteiger partial charge in [0.15, 0.2) is 0 Å². The van der Waals surface area contributed by atoms with E-state index in [1.165, 1.54) is 16.6 Å². The first-order chi connectivity index (χ1) is 9.77. The van der Waals surface area contributed by atoms with Crippen LogP contribution in [0.25, 0.3) is 0 Å². The molecule has 0 bridgehead atoms. The van der Waals surface area contributed by atoms with Gasteiger partial charge in [0.25, 0.3) is 0 Å². The van der Waals surface area contributed by atoms with Gasteiger partial charge in [-0.25, -0.2) is 17.5 Å². The number of sulfonamides is 1. The summed E-state index contributed by atoms with van der Waals surface area (Å²) in [5, 5.41) is 12.2. The van der Waals surface area contributed by atoms with Gasteiger partial charge in [-0.1, -0.05) is 0 Å². The molecule has 0 amide bonds. The molecule has 1 aliphatic heterocycles. The first kappa shape index (κ1) is 16.0. The fourth-order valence-electron chi connectivity index (χ4n) is 2.48. The monoisotopic (exact) mass is 316 g/mol. The van der Waals surface area contributed by atoms with Crippen LogP contribution in [-0.4, -0.2) is 49.2 Å². The summed E-state index contributed by atoms with van der Waals surface area (Å²) in [6.07, 6.45) is 2.69. The Balaban J connectivity index is 1.85. The van der Waals surface area contributed by atoms with E-state index in [1.807, 2.05) is 0 Å². The lowest BCUT2D eigenvalue weighted by Crippen LogP contribution is -2.44. The second-order valence-corrected chi connectivity index (χ2v) is 7.29. The molecule has 0 radical (unpaired) electrons. The van der Waals surface area contributed by atoms with E-state index in [-0.39, 0.29) is 11.6 Å². The quantitative estimate of drug-likeness (QED) is 0.833. The Labute approximate surface area is 124 Å². The molecule has 118 valence electrons. The van der Waals surface area contributed by atoms with Crippen molar-refractivity contribution in [3.05, 3.63) is 23.2 Å². The molecular weight excluding hydrogens is 296 g/mol. The highest BCUT2D eigenvalue weighted by molar-refractivity contribution is 7.88. The Morgan fingerprint density at radius 2 is 2.10 bits per heavy atom. The molecule has 2 heterocycles. The van der Waals surface area contributed by atoms with Gasteiger partial charge < -0.3 is 14.8 Å². The van der Waals surface area contributed by atoms with E-state index in [9.17, 15) is 13.2 Å². The zero-order chi connectivity index (χ0) is 15.6. The van der Waals surface area contributed by atoms with Gasteiger partial charge in [0, 0.05) is 19.1 Å². The highest BCUT2D eigenvalue weighted by Crippen LogP contribution is 2.17. The number of nitrogens with one attached hydrogen (secondary N) is 1. The van der Waals surface area contributed by atoms with Crippen molar-refractivity contribution < 1.29 is 22.7 Å². The SMILES string of the molecule is Cc1oc(CNC2CCN(S(C)(=O)=O)CC2)cc1C(=O)O. The second kappa shape index (κ2) is 6.17. The van der Waals surface area contributed by atoms with Crippen molar-refractivity contribution >= 4 is 16.0 Å². The van der Waals surface area contributed by atoms with Crippen molar-refractivity contribution in [1.29, 1.82) is 0 Å². The number of hydrogen-bond donors (Lipinski definition) is 2. The van der Waals surface area contributed by atoms with E-state index in [1.54, 1.807) is 6.92 Å². The number of piperidine rings is 1. The minimum absolute atomic E-state index is 0.179. The average Bonchev–Trinajstić information content (AvgIpc) is 2.77. The summed E-state index contributed by atoms with van der Waals surface area (Å²) in [4.78, 5) is 10.9. The van der Waals surface area contributed by atoms with Crippen LogP contribution >= 0.6 is 0 Å². The minimum Gasteiger partial charge on any atom is -0.478 e. The van der Waals surface area contributed by atoms with Crippen LogP contribution in [0.2, 0.25) is 0 Å². The summed E-state index contributed by atoms with van der Waals surface area (Å²) < 4.78 is 29.7. The van der Waals surface area contributed by atoms with Gasteiger partial charge in [-0.3, -0.25) is 0 Å². The highest BCUT2D eigenvalue weighted by Gasteiger charge is 2.24. The third-order valence-electron chi connectivity index (χ3n) is 3.69. The Kier molecular flexibility index (Phi) is 4.70. The fraction of sp³-hybridized carbons (Fsp3) is 0.615. The Morgan fingerprint density at radius 3 is 2.57 bits per heavy atom. The topological polar surface area (TPSA) is 99.9 Å². The van der Waals surface area contributed by atoms with E-state index in [4.69, 9.17) is 9.52 Å². The van der Waals surface area contributed by atoms with Gasteiger partial charge in [-0.15, -0.1) is 0 Å². The van der Waals surface area contributed by atoms with Crippen LogP contribution < -0.4 is 5.32 Å². The van der Waals surface area contributed by atoms with Crippen LogP contribution in [0.3, 0.4) is 0 Å². The molecule has 1 aromatic rings. The van der Waals surface area contributed by atoms with Gasteiger partial charge in [-0.05, 0) is 25.8 Å². The molecule has 1 aromatic heterocycles. The summed E-state index contributed by atoms with van der Waals surface area (Å²) in [5.41, 5.74) is 0.179. The van der Waals surface area contributed by atoms with Gasteiger partial charge >= 0.3 is 5.97 Å². The van der Waals surface area contributed by atoms with Gasteiger partial charge in [-0.2, -0.15) is 0 Å². The maximum atomic E-state index is 11.4. The standard InChI is InChI=1S/C13H20N2O5S/c1-9-12(13(16)17)7-11(20-9)8-14-10-3-5-15(6-4-10)21(2,18)19/h7,10,14H,3-6,8H2,1-2H3,(H,16,17). The number of carboxylic acids is 1. The zero-order valence-corrected chi connectivity index (χ0v) is 12.9. The van der Waals surface area contributed by atoms with Crippen LogP contribution in [0.1, 0.15) is 34.7 Å². The largest absolute Gasteiger partial charge is 0.478 e. The van der Waals surface area contributed by atoms with E-state index < -0.39 is 16.0 Å². The van der Waals surface area contributed by atoms with Crippen molar-refractivity contribution in [2.75, 3.05) is 19.3 Å². The Hall–Kier alpha value is -1.38. The summed E-state index contributed by atoms with van der Waals surface area (Å²) in [5.74, 6) is -0.0226. The third kappa shape index (κ3) is 4.05. The lowest BCUT2D eigenvalue weighted by Gasteiger charge is -2.30. The second-order valence-electron chi connectivity index (χ2n) is 5.30. The number of aromatic carboxylic acids is 1. The molecule has 7 nitrogen and oxygen atoms in total. The summed E-state index contributed by atoms with van der Waals surface area (Å²) in [7, 11) is -3.11. The number of aryl methyl sites for hydroxylation is 1. The van der Waals surface area contributed by atoms with Crippen molar-refractivity contribution in [1.82, 2.24) is 9.62 Å². The van der Waals surface area contributed by atoms with E-state index in [2.05, 4.69) is 5.32 Å². The molecule has 1 aliphatic rings. The predicted molar refractivity (Wildman–Crippen MR) is 76.7 cm³/mol. The first-order valence-electron chi connectivity index (χ1n) is 6.78. The van der Waals surface area contributed by atoms with E-state index in [0.29, 0.717) is 31.2 Å². The predicted octanol–water partition coefficient (Wildman–Crippen LogP) is 0.800. The van der Waals surface area contributed by atoms with Crippen molar-refractivity contribution in [2.45, 2.75) is 32.4 Å². The fourth-order valence-corrected chi connectivity index (χ4v) is 3.35.